The third-order valence-corrected chi connectivity index (χ3v) is 2.43. The van der Waals surface area contributed by atoms with Gasteiger partial charge in [0, 0.05) is 13.2 Å². The van der Waals surface area contributed by atoms with Crippen molar-refractivity contribution in [3.05, 3.63) is 29.8 Å². The summed E-state index contributed by atoms with van der Waals surface area (Å²) in [5, 5.41) is 7.24. The molecule has 2 rings (SSSR count). The van der Waals surface area contributed by atoms with Gasteiger partial charge in [-0.15, -0.1) is 0 Å². The summed E-state index contributed by atoms with van der Waals surface area (Å²) >= 11 is 0. The number of aryl methyl sites for hydroxylation is 1. The molecule has 108 valence electrons. The number of aromatic nitrogens is 4. The molecule has 0 amide bonds. The van der Waals surface area contributed by atoms with Crippen molar-refractivity contribution in [2.75, 3.05) is 6.61 Å². The number of alkyl halides is 3. The Bertz CT molecular complexity index is 630. The molecule has 0 aliphatic rings. The Labute approximate surface area is 111 Å². The van der Waals surface area contributed by atoms with Gasteiger partial charge in [-0.1, -0.05) is 0 Å². The highest BCUT2D eigenvalue weighted by Gasteiger charge is 2.40. The third kappa shape index (κ3) is 2.65. The largest absolute Gasteiger partial charge is 0.462 e. The van der Waals surface area contributed by atoms with E-state index >= 15 is 0 Å². The first-order chi connectivity index (χ1) is 9.32. The Hall–Kier alpha value is -2.32. The minimum absolute atomic E-state index is 0.0196. The highest BCUT2D eigenvalue weighted by molar-refractivity contribution is 5.90. The second-order valence-electron chi connectivity index (χ2n) is 3.93. The standard InChI is InChI=1S/C11H11F3N4O2/c1-3-20-10(19)8-6-18(7-4-15-17(2)5-7)16-9(8)11(12,13)14/h4-6H,3H2,1-2H3. The molecule has 0 N–H and O–H groups in total. The average molecular weight is 288 g/mol. The molecule has 20 heavy (non-hydrogen) atoms. The Balaban J connectivity index is 2.50. The lowest BCUT2D eigenvalue weighted by atomic mass is 10.2. The van der Waals surface area contributed by atoms with Crippen LogP contribution >= 0.6 is 0 Å². The molecular formula is C11H11F3N4O2. The molecule has 9 heteroatoms. The van der Waals surface area contributed by atoms with Crippen LogP contribution in [-0.2, 0) is 18.0 Å². The summed E-state index contributed by atoms with van der Waals surface area (Å²) in [6, 6.07) is 0. The normalized spacial score (nSPS) is 11.7. The van der Waals surface area contributed by atoms with Gasteiger partial charge in [0.1, 0.15) is 11.3 Å². The monoisotopic (exact) mass is 288 g/mol. The van der Waals surface area contributed by atoms with E-state index in [2.05, 4.69) is 14.9 Å². The summed E-state index contributed by atoms with van der Waals surface area (Å²) in [4.78, 5) is 11.6. The molecule has 0 spiro atoms. The van der Waals surface area contributed by atoms with E-state index in [9.17, 15) is 18.0 Å². The van der Waals surface area contributed by atoms with Crippen molar-refractivity contribution in [2.24, 2.45) is 7.05 Å². The van der Waals surface area contributed by atoms with Crippen LogP contribution in [0.25, 0.3) is 5.69 Å². The lowest BCUT2D eigenvalue weighted by molar-refractivity contribution is -0.141. The highest BCUT2D eigenvalue weighted by Crippen LogP contribution is 2.31. The van der Waals surface area contributed by atoms with E-state index in [1.807, 2.05) is 0 Å². The molecule has 0 aromatic carbocycles. The van der Waals surface area contributed by atoms with Gasteiger partial charge >= 0.3 is 12.1 Å². The first-order valence-corrected chi connectivity index (χ1v) is 5.66. The van der Waals surface area contributed by atoms with E-state index in [4.69, 9.17) is 0 Å². The quantitative estimate of drug-likeness (QED) is 0.808. The topological polar surface area (TPSA) is 61.9 Å². The van der Waals surface area contributed by atoms with Crippen LogP contribution < -0.4 is 0 Å². The van der Waals surface area contributed by atoms with Crippen LogP contribution in [0.3, 0.4) is 0 Å². The summed E-state index contributed by atoms with van der Waals surface area (Å²) in [5.74, 6) is -1.06. The maximum absolute atomic E-state index is 12.9. The fraction of sp³-hybridized carbons (Fsp3) is 0.364. The predicted molar refractivity (Wildman–Crippen MR) is 61.3 cm³/mol. The van der Waals surface area contributed by atoms with Crippen molar-refractivity contribution in [3.63, 3.8) is 0 Å². The van der Waals surface area contributed by atoms with E-state index in [1.165, 1.54) is 24.0 Å². The molecule has 0 aliphatic heterocycles. The Morgan fingerprint density at radius 1 is 1.40 bits per heavy atom. The molecule has 0 fully saturated rings. The van der Waals surface area contributed by atoms with Crippen LogP contribution in [0.1, 0.15) is 23.0 Å². The number of esters is 1. The molecule has 0 saturated heterocycles. The van der Waals surface area contributed by atoms with Crippen molar-refractivity contribution in [2.45, 2.75) is 13.1 Å². The molecule has 0 saturated carbocycles. The predicted octanol–water partition coefficient (Wildman–Crippen LogP) is 1.80. The number of halogens is 3. The smallest absolute Gasteiger partial charge is 0.436 e. The minimum Gasteiger partial charge on any atom is -0.462 e. The number of ether oxygens (including phenoxy) is 1. The molecule has 6 nitrogen and oxygen atoms in total. The average Bonchev–Trinajstić information content (AvgIpc) is 2.94. The molecule has 0 aliphatic carbocycles. The number of hydrogen-bond donors (Lipinski definition) is 0. The molecule has 0 atom stereocenters. The van der Waals surface area contributed by atoms with Crippen molar-refractivity contribution in [3.8, 4) is 5.69 Å². The fourth-order valence-corrected chi connectivity index (χ4v) is 1.60. The lowest BCUT2D eigenvalue weighted by Crippen LogP contribution is -2.14. The zero-order chi connectivity index (χ0) is 14.9. The zero-order valence-corrected chi connectivity index (χ0v) is 10.7. The number of carbonyl (C=O) groups is 1. The molecule has 0 unspecified atom stereocenters. The van der Waals surface area contributed by atoms with Gasteiger partial charge in [0.2, 0.25) is 0 Å². The van der Waals surface area contributed by atoms with Gasteiger partial charge in [-0.05, 0) is 6.92 Å². The third-order valence-electron chi connectivity index (χ3n) is 2.43. The van der Waals surface area contributed by atoms with Gasteiger partial charge in [0.15, 0.2) is 5.69 Å². The Kier molecular flexibility index (Phi) is 3.51. The van der Waals surface area contributed by atoms with Crippen molar-refractivity contribution < 1.29 is 22.7 Å². The van der Waals surface area contributed by atoms with E-state index in [1.54, 1.807) is 7.05 Å². The van der Waals surface area contributed by atoms with E-state index in [0.29, 0.717) is 5.69 Å². The second kappa shape index (κ2) is 4.99. The summed E-state index contributed by atoms with van der Waals surface area (Å²) in [5.41, 5.74) is -1.59. The van der Waals surface area contributed by atoms with Crippen molar-refractivity contribution >= 4 is 5.97 Å². The SMILES string of the molecule is CCOC(=O)c1cn(-c2cnn(C)c2)nc1C(F)(F)F. The van der Waals surface area contributed by atoms with Crippen LogP contribution in [-0.4, -0.2) is 32.1 Å². The van der Waals surface area contributed by atoms with Gasteiger partial charge in [-0.3, -0.25) is 4.68 Å². The molecule has 2 aromatic heterocycles. The first kappa shape index (κ1) is 14.1. The van der Waals surface area contributed by atoms with Gasteiger partial charge < -0.3 is 4.74 Å². The van der Waals surface area contributed by atoms with Gasteiger partial charge in [0.05, 0.1) is 19.0 Å². The zero-order valence-electron chi connectivity index (χ0n) is 10.7. The van der Waals surface area contributed by atoms with Crippen LogP contribution in [0.2, 0.25) is 0 Å². The molecule has 0 radical (unpaired) electrons. The summed E-state index contributed by atoms with van der Waals surface area (Å²) in [6.07, 6.45) is -0.947. The van der Waals surface area contributed by atoms with E-state index in [0.717, 1.165) is 10.9 Å². The fourth-order valence-electron chi connectivity index (χ4n) is 1.60. The second-order valence-corrected chi connectivity index (χ2v) is 3.93. The van der Waals surface area contributed by atoms with Gasteiger partial charge in [-0.25, -0.2) is 9.48 Å². The number of nitrogens with zero attached hydrogens (tertiary/aromatic N) is 4. The van der Waals surface area contributed by atoms with Crippen LogP contribution in [0, 0.1) is 0 Å². The van der Waals surface area contributed by atoms with E-state index in [-0.39, 0.29) is 6.61 Å². The van der Waals surface area contributed by atoms with Crippen LogP contribution in [0.15, 0.2) is 18.6 Å². The van der Waals surface area contributed by atoms with E-state index < -0.39 is 23.4 Å². The summed E-state index contributed by atoms with van der Waals surface area (Å²) in [6.45, 7) is 1.49. The maximum atomic E-state index is 12.9. The number of hydrogen-bond acceptors (Lipinski definition) is 4. The first-order valence-electron chi connectivity index (χ1n) is 5.66. The Morgan fingerprint density at radius 3 is 2.60 bits per heavy atom. The molecule has 2 heterocycles. The van der Waals surface area contributed by atoms with Gasteiger partial charge in [-0.2, -0.15) is 23.4 Å². The number of rotatable bonds is 3. The Morgan fingerprint density at radius 2 is 2.10 bits per heavy atom. The summed E-state index contributed by atoms with van der Waals surface area (Å²) < 4.78 is 45.6. The number of carbonyl (C=O) groups excluding carboxylic acids is 1. The van der Waals surface area contributed by atoms with Crippen molar-refractivity contribution in [1.29, 1.82) is 0 Å². The highest BCUT2D eigenvalue weighted by atomic mass is 19.4. The maximum Gasteiger partial charge on any atom is 0.436 e. The molecule has 0 bridgehead atoms. The lowest BCUT2D eigenvalue weighted by Gasteiger charge is -2.04. The van der Waals surface area contributed by atoms with Gasteiger partial charge in [0.25, 0.3) is 0 Å². The van der Waals surface area contributed by atoms with Crippen molar-refractivity contribution in [1.82, 2.24) is 19.6 Å². The molecule has 2 aromatic rings. The summed E-state index contributed by atoms with van der Waals surface area (Å²) in [7, 11) is 1.62. The van der Waals surface area contributed by atoms with Crippen LogP contribution in [0.5, 0.6) is 0 Å². The minimum atomic E-state index is -4.74. The van der Waals surface area contributed by atoms with Crippen LogP contribution in [0.4, 0.5) is 13.2 Å². The molecular weight excluding hydrogens is 277 g/mol.